The second kappa shape index (κ2) is 17.8. The monoisotopic (exact) mass is 1290 g/mol. The number of carbonyl (C=O) groups is 2. The lowest BCUT2D eigenvalue weighted by atomic mass is 9.46. The van der Waals surface area contributed by atoms with Crippen molar-refractivity contribution in [2.45, 2.75) is 263 Å². The predicted octanol–water partition coefficient (Wildman–Crippen LogP) is 8.80. The minimum absolute atomic E-state index is 0.0391. The number of hydrogen-bond acceptors (Lipinski definition) is 21. The zero-order chi connectivity index (χ0) is 61.5. The molecule has 9 aliphatic carbocycles. The highest BCUT2D eigenvalue weighted by Gasteiger charge is 3.04. The average molecular weight is 1290 g/mol. The van der Waals surface area contributed by atoms with Crippen LogP contribution in [0.4, 0.5) is 0 Å². The molecule has 1 aromatic heterocycles. The van der Waals surface area contributed by atoms with Gasteiger partial charge in [-0.25, -0.2) is 9.59 Å². The predicted molar refractivity (Wildman–Crippen MR) is 323 cm³/mol. The van der Waals surface area contributed by atoms with E-state index in [2.05, 4.69) is 81.1 Å². The molecule has 89 heavy (non-hydrogen) atoms. The molecule has 21 rings (SSSR count). The van der Waals surface area contributed by atoms with Gasteiger partial charge in [0.2, 0.25) is 0 Å². The van der Waals surface area contributed by atoms with Crippen molar-refractivity contribution in [1.82, 2.24) is 0 Å². The summed E-state index contributed by atoms with van der Waals surface area (Å²) in [6.07, 6.45) is 16.7. The topological polar surface area (TPSA) is 215 Å². The first-order valence-electron chi connectivity index (χ1n) is 33.5. The van der Waals surface area contributed by atoms with E-state index in [1.807, 2.05) is 13.2 Å². The fourth-order valence-corrected chi connectivity index (χ4v) is 25.3. The van der Waals surface area contributed by atoms with E-state index in [0.717, 1.165) is 68.9 Å². The molecule has 6 saturated carbocycles. The van der Waals surface area contributed by atoms with Gasteiger partial charge in [0, 0.05) is 38.5 Å². The van der Waals surface area contributed by atoms with Gasteiger partial charge in [0.15, 0.2) is 16.8 Å². The van der Waals surface area contributed by atoms with E-state index in [0.29, 0.717) is 54.0 Å². The van der Waals surface area contributed by atoms with E-state index in [-0.39, 0.29) is 159 Å². The Labute approximate surface area is 533 Å². The molecule has 15 fully saturated rings. The summed E-state index contributed by atoms with van der Waals surface area (Å²) < 4.78 is 102. The van der Waals surface area contributed by atoms with Gasteiger partial charge in [-0.2, -0.15) is 0 Å². The molecule has 1 aromatic rings. The van der Waals surface area contributed by atoms with Crippen LogP contribution in [-0.2, 0) is 82.3 Å². The van der Waals surface area contributed by atoms with Crippen LogP contribution in [0.25, 0.3) is 0 Å². The summed E-state index contributed by atoms with van der Waals surface area (Å²) in [4.78, 5) is 24.6. The molecule has 0 bridgehead atoms. The maximum absolute atomic E-state index is 12.4. The van der Waals surface area contributed by atoms with Gasteiger partial charge in [-0.15, -0.1) is 35.3 Å². The smallest absolute Gasteiger partial charge is 0.334 e. The minimum Gasteiger partial charge on any atom is -0.468 e. The largest absolute Gasteiger partial charge is 0.468 e. The van der Waals surface area contributed by atoms with E-state index in [4.69, 9.17) is 75.5 Å². The third kappa shape index (κ3) is 6.13. The molecule has 1 unspecified atom stereocenters. The summed E-state index contributed by atoms with van der Waals surface area (Å²) in [6.45, 7) is 23.0. The van der Waals surface area contributed by atoms with E-state index in [1.165, 1.54) is 22.3 Å². The number of furan rings is 1. The molecule has 20 aliphatic rings. The van der Waals surface area contributed by atoms with Crippen molar-refractivity contribution in [2.24, 2.45) is 45.8 Å². The van der Waals surface area contributed by atoms with Crippen LogP contribution in [0.5, 0.6) is 5.95 Å². The lowest BCUT2D eigenvalue weighted by Crippen LogP contribution is -2.69. The van der Waals surface area contributed by atoms with Crippen LogP contribution in [0, 0.1) is 45.8 Å². The van der Waals surface area contributed by atoms with Crippen LogP contribution >= 0.6 is 35.3 Å². The first-order chi connectivity index (χ1) is 42.6. The number of methoxy groups -OCH3 is 1. The summed E-state index contributed by atoms with van der Waals surface area (Å²) in [5, 5.41) is 0. The normalized spacial score (nSPS) is 56.7. The van der Waals surface area contributed by atoms with Gasteiger partial charge in [-0.3, -0.25) is 0 Å². The summed E-state index contributed by atoms with van der Waals surface area (Å²) in [6, 6.07) is 0. The standard InChI is InChI=1S/2C23H30O6S.C22H28O6S/c1-11(2)21-16(28-21)17-23(29-17)20(3)7-6-12-13(9-25-18(12)24-4)14(20)8-15-22(23,27-15)19(21)26-10-30-5;1-10(2)21-16(28-21)17-23(29-17)20(4)7-6-12-15(11(3)26-18(12)24)13(20)8-14-22(23,27-14)19(21)25-9-30-5;1-10(2)20-15(27-20)16-22(28-16)19(3)6-5-11-12(8-24-17(11)23)13(19)7-14-21(22,26-14)18(20)25-9-29-4/h9,11,14-17,19H,6-8,10H2,1-5H3;10-11,13-14,16-17,19H,6-9H2,1-5H3;10,13-16,18H,5-9H2,1-4H3/t14-,15-,16-,17-,19+,20-,21-,22+,23+;11?,13-,14-,16-,17-,19+,20-,21-,22+,23+;13-,14-,15-,16-,18+,19-,20-,21+,22+/m000/s1. The number of ether oxygens (including phenoxy) is 15. The first kappa shape index (κ1) is 58.4. The fourth-order valence-electron chi connectivity index (χ4n) is 24.5. The van der Waals surface area contributed by atoms with Crippen LogP contribution in [-0.4, -0.2) is 192 Å². The maximum atomic E-state index is 12.4. The summed E-state index contributed by atoms with van der Waals surface area (Å²) >= 11 is 5.10. The molecule has 0 radical (unpaired) electrons. The summed E-state index contributed by atoms with van der Waals surface area (Å²) in [7, 11) is 1.69. The molecule has 6 spiro atoms. The van der Waals surface area contributed by atoms with E-state index < -0.39 is 11.2 Å². The van der Waals surface area contributed by atoms with Crippen molar-refractivity contribution in [1.29, 1.82) is 0 Å². The Morgan fingerprint density at radius 2 is 0.966 bits per heavy atom. The van der Waals surface area contributed by atoms with Gasteiger partial charge in [0.25, 0.3) is 5.95 Å². The molecule has 0 aromatic carbocycles. The number of hydrogen-bond donors (Lipinski definition) is 0. The van der Waals surface area contributed by atoms with Crippen LogP contribution in [0.15, 0.2) is 33.0 Å². The highest BCUT2D eigenvalue weighted by atomic mass is 32.2. The number of epoxide rings is 9. The van der Waals surface area contributed by atoms with Crippen molar-refractivity contribution >= 4 is 47.2 Å². The highest BCUT2D eigenvalue weighted by Crippen LogP contribution is 2.87. The molecule has 0 amide bonds. The van der Waals surface area contributed by atoms with Gasteiger partial charge >= 0.3 is 11.9 Å². The van der Waals surface area contributed by atoms with Crippen molar-refractivity contribution in [3.8, 4) is 5.95 Å². The third-order valence-electron chi connectivity index (χ3n) is 28.6. The van der Waals surface area contributed by atoms with Crippen molar-refractivity contribution < 1.29 is 85.1 Å². The number of cyclic esters (lactones) is 2. The van der Waals surface area contributed by atoms with Gasteiger partial charge < -0.3 is 75.5 Å². The molecule has 9 saturated heterocycles. The van der Waals surface area contributed by atoms with Crippen LogP contribution in [0.3, 0.4) is 0 Å². The van der Waals surface area contributed by atoms with Gasteiger partial charge in [0.05, 0.1) is 49.5 Å². The lowest BCUT2D eigenvalue weighted by molar-refractivity contribution is -0.139. The molecule has 18 nitrogen and oxygen atoms in total. The second-order valence-corrected chi connectivity index (χ2v) is 34.3. The lowest BCUT2D eigenvalue weighted by Gasteiger charge is -2.54. The van der Waals surface area contributed by atoms with E-state index >= 15 is 0 Å². The quantitative estimate of drug-likeness (QED) is 0.102. The van der Waals surface area contributed by atoms with Crippen LogP contribution in [0.1, 0.15) is 138 Å². The Hall–Kier alpha value is -1.93. The van der Waals surface area contributed by atoms with E-state index in [9.17, 15) is 9.59 Å². The number of fused-ring (bicyclic) bond motifs is 13. The number of rotatable bonds is 13. The van der Waals surface area contributed by atoms with Crippen molar-refractivity contribution in [3.63, 3.8) is 0 Å². The molecular formula is C68H88O18S3. The average Bonchev–Trinajstić information content (AvgIpc) is 1.43. The van der Waals surface area contributed by atoms with Gasteiger partial charge in [-0.1, -0.05) is 62.3 Å². The zero-order valence-electron chi connectivity index (χ0n) is 53.8. The molecule has 28 atom stereocenters. The Bertz CT molecular complexity index is 3390. The Balaban J connectivity index is 0.0000000965. The first-order valence-corrected chi connectivity index (χ1v) is 37.7. The van der Waals surface area contributed by atoms with Crippen LogP contribution in [0.2, 0.25) is 0 Å². The van der Waals surface area contributed by atoms with Crippen LogP contribution < -0.4 is 4.74 Å². The van der Waals surface area contributed by atoms with E-state index in [1.54, 1.807) is 42.4 Å². The summed E-state index contributed by atoms with van der Waals surface area (Å²) in [5.41, 5.74) is 3.29. The Kier molecular flexibility index (Phi) is 11.7. The zero-order valence-corrected chi connectivity index (χ0v) is 56.3. The second-order valence-electron chi connectivity index (χ2n) is 31.9. The number of carbonyl (C=O) groups excluding carboxylic acids is 2. The minimum atomic E-state index is -0.430. The Morgan fingerprint density at radius 3 is 1.43 bits per heavy atom. The molecule has 0 N–H and O–H groups in total. The maximum Gasteiger partial charge on any atom is 0.334 e. The van der Waals surface area contributed by atoms with Gasteiger partial charge in [-0.05, 0) is 130 Å². The summed E-state index contributed by atoms with van der Waals surface area (Å²) in [5.74, 6) is 4.24. The molecule has 21 heteroatoms. The fraction of sp³-hybridized carbons (Fsp3) is 0.853. The highest BCUT2D eigenvalue weighted by molar-refractivity contribution is 7.98. The number of thioether (sulfide) groups is 3. The SMILES string of the molecule is COc1occ2c1CC[C@@]1(C)[C@H]2C[C@@H]2O[C@@]23[C@H](OCSC)[C@@]2(C(C)C)O[C@H]2[C@@H]2O[C@@]231.CSCO[C@@H]1[C@@]2(C(C)C)O[C@H]2[C@@H]2O[C@]23[C@]12O[C@H]2C[C@H]1C2=C(CC[C@@]13C)C(=O)OC2.CSCO[C@@H]1[C@@]2(C(C)C)O[C@H]2[C@@H]2O[C@]23[C@]12O[C@H]2C[C@H]1C2=C(CC[C@@]13C)C(=O)OC2C. The molecule has 486 valence electrons. The molecule has 12 heterocycles. The third-order valence-corrected chi connectivity index (χ3v) is 29.7. The molecule has 11 aliphatic heterocycles. The number of esters is 2. The molecular weight excluding hydrogens is 1200 g/mol. The Morgan fingerprint density at radius 1 is 0.539 bits per heavy atom. The van der Waals surface area contributed by atoms with Gasteiger partial charge in [0.1, 0.15) is 101 Å². The van der Waals surface area contributed by atoms with Crippen molar-refractivity contribution in [3.05, 3.63) is 39.7 Å². The van der Waals surface area contributed by atoms with Crippen molar-refractivity contribution in [2.75, 3.05) is 50.3 Å².